The summed E-state index contributed by atoms with van der Waals surface area (Å²) in [5.74, 6) is 2.04. The molecule has 10 heteroatoms. The van der Waals surface area contributed by atoms with Crippen molar-refractivity contribution in [2.75, 3.05) is 31.9 Å². The predicted molar refractivity (Wildman–Crippen MR) is 132 cm³/mol. The number of nitrogens with one attached hydrogen (secondary N) is 1. The molecule has 1 aliphatic carbocycles. The number of anilines is 2. The van der Waals surface area contributed by atoms with Crippen LogP contribution in [-0.4, -0.2) is 36.9 Å². The van der Waals surface area contributed by atoms with Crippen molar-refractivity contribution in [2.45, 2.75) is 51.9 Å². The summed E-state index contributed by atoms with van der Waals surface area (Å²) in [6.45, 7) is 6.12. The third-order valence-electron chi connectivity index (χ3n) is 6.74. The quantitative estimate of drug-likeness (QED) is 0.350. The monoisotopic (exact) mass is 504 g/mol. The van der Waals surface area contributed by atoms with E-state index in [1.165, 1.54) is 6.07 Å². The Balaban J connectivity index is 1.70. The van der Waals surface area contributed by atoms with Crippen LogP contribution in [0.3, 0.4) is 0 Å². The van der Waals surface area contributed by atoms with E-state index in [0.717, 1.165) is 25.0 Å². The summed E-state index contributed by atoms with van der Waals surface area (Å²) in [4.78, 5) is 9.06. The lowest BCUT2D eigenvalue weighted by atomic mass is 10.0. The molecule has 0 radical (unpaired) electrons. The Morgan fingerprint density at radius 3 is 2.39 bits per heavy atom. The normalized spacial score (nSPS) is 16.4. The first-order chi connectivity index (χ1) is 17.0. The molecule has 1 fully saturated rings. The first kappa shape index (κ1) is 25.8. The number of nitrogens with two attached hydrogens (primary N) is 1. The van der Waals surface area contributed by atoms with Crippen molar-refractivity contribution in [3.8, 4) is 11.5 Å². The molecule has 0 amide bonds. The standard InChI is InChI=1S/C26H31F3N4O3/c1-14(17-8-18(26(27,28)29)10-19(30)9-17)31-24-20-11-23(36-15(2)25(6-7-25)13-34-4)22(35-5)12-21(20)32-16(3)33-24/h8-12,14-15H,6-7,13,30H2,1-5H3,(H,31,32,33). The lowest BCUT2D eigenvalue weighted by Crippen LogP contribution is -2.29. The molecule has 1 saturated carbocycles. The number of ether oxygens (including phenoxy) is 3. The lowest BCUT2D eigenvalue weighted by Gasteiger charge is -2.25. The molecule has 0 aliphatic heterocycles. The van der Waals surface area contributed by atoms with E-state index in [9.17, 15) is 13.2 Å². The Labute approximate surface area is 208 Å². The fourth-order valence-electron chi connectivity index (χ4n) is 4.42. The molecule has 194 valence electrons. The molecular weight excluding hydrogens is 473 g/mol. The molecule has 0 spiro atoms. The number of nitrogen functional groups attached to an aromatic ring is 1. The zero-order chi connectivity index (χ0) is 26.3. The van der Waals surface area contributed by atoms with E-state index < -0.39 is 17.8 Å². The number of aryl methyl sites for hydroxylation is 1. The summed E-state index contributed by atoms with van der Waals surface area (Å²) in [6, 6.07) is 6.60. The second-order valence-corrected chi connectivity index (χ2v) is 9.45. The van der Waals surface area contributed by atoms with E-state index >= 15 is 0 Å². The summed E-state index contributed by atoms with van der Waals surface area (Å²) < 4.78 is 57.3. The highest BCUT2D eigenvalue weighted by Crippen LogP contribution is 2.51. The second kappa shape index (κ2) is 9.65. The SMILES string of the molecule is COCC1(C(C)Oc2cc3c(NC(C)c4cc(N)cc(C(F)(F)F)c4)nc(C)nc3cc2OC)CC1. The van der Waals surface area contributed by atoms with Gasteiger partial charge in [-0.05, 0) is 63.4 Å². The first-order valence-electron chi connectivity index (χ1n) is 11.7. The average Bonchev–Trinajstić information content (AvgIpc) is 3.59. The molecule has 0 bridgehead atoms. The molecule has 36 heavy (non-hydrogen) atoms. The van der Waals surface area contributed by atoms with Gasteiger partial charge >= 0.3 is 6.18 Å². The highest BCUT2D eigenvalue weighted by Gasteiger charge is 2.49. The largest absolute Gasteiger partial charge is 0.493 e. The van der Waals surface area contributed by atoms with Crippen LogP contribution in [0.15, 0.2) is 30.3 Å². The summed E-state index contributed by atoms with van der Waals surface area (Å²) in [5.41, 5.74) is 5.99. The van der Waals surface area contributed by atoms with E-state index in [0.29, 0.717) is 46.2 Å². The van der Waals surface area contributed by atoms with Crippen molar-refractivity contribution < 1.29 is 27.4 Å². The van der Waals surface area contributed by atoms with Gasteiger partial charge in [0.15, 0.2) is 11.5 Å². The van der Waals surface area contributed by atoms with Crippen LogP contribution in [0, 0.1) is 12.3 Å². The van der Waals surface area contributed by atoms with Gasteiger partial charge in [-0.3, -0.25) is 0 Å². The van der Waals surface area contributed by atoms with Crippen molar-refractivity contribution in [1.82, 2.24) is 9.97 Å². The van der Waals surface area contributed by atoms with Gasteiger partial charge in [-0.25, -0.2) is 9.97 Å². The molecule has 0 saturated heterocycles. The summed E-state index contributed by atoms with van der Waals surface area (Å²) in [5, 5.41) is 3.90. The topological polar surface area (TPSA) is 91.5 Å². The van der Waals surface area contributed by atoms with Gasteiger partial charge in [0, 0.05) is 29.7 Å². The predicted octanol–water partition coefficient (Wildman–Crippen LogP) is 5.91. The number of halogens is 3. The molecule has 7 nitrogen and oxygen atoms in total. The van der Waals surface area contributed by atoms with E-state index in [-0.39, 0.29) is 17.2 Å². The van der Waals surface area contributed by atoms with E-state index in [1.807, 2.05) is 13.0 Å². The molecule has 3 N–H and O–H groups in total. The number of methoxy groups -OCH3 is 2. The minimum Gasteiger partial charge on any atom is -0.493 e. The molecule has 4 rings (SSSR count). The van der Waals surface area contributed by atoms with Gasteiger partial charge < -0.3 is 25.3 Å². The molecule has 2 aromatic carbocycles. The number of alkyl halides is 3. The van der Waals surface area contributed by atoms with E-state index in [4.69, 9.17) is 19.9 Å². The number of hydrogen-bond acceptors (Lipinski definition) is 7. The van der Waals surface area contributed by atoms with E-state index in [1.54, 1.807) is 34.1 Å². The van der Waals surface area contributed by atoms with Gasteiger partial charge in [0.05, 0.1) is 30.8 Å². The van der Waals surface area contributed by atoms with Crippen LogP contribution >= 0.6 is 0 Å². The molecule has 1 heterocycles. The number of nitrogens with zero attached hydrogens (tertiary/aromatic N) is 2. The third kappa shape index (κ3) is 5.28. The maximum absolute atomic E-state index is 13.3. The van der Waals surface area contributed by atoms with Crippen LogP contribution in [0.2, 0.25) is 0 Å². The molecule has 3 aromatic rings. The molecule has 1 aromatic heterocycles. The zero-order valence-electron chi connectivity index (χ0n) is 21.0. The number of aromatic nitrogens is 2. The summed E-state index contributed by atoms with van der Waals surface area (Å²) in [6.07, 6.45) is -2.57. The van der Waals surface area contributed by atoms with Gasteiger partial charge in [-0.15, -0.1) is 0 Å². The van der Waals surface area contributed by atoms with Crippen molar-refractivity contribution in [3.05, 3.63) is 47.3 Å². The van der Waals surface area contributed by atoms with Crippen molar-refractivity contribution in [3.63, 3.8) is 0 Å². The van der Waals surface area contributed by atoms with Gasteiger partial charge in [-0.2, -0.15) is 13.2 Å². The van der Waals surface area contributed by atoms with Crippen LogP contribution < -0.4 is 20.5 Å². The second-order valence-electron chi connectivity index (χ2n) is 9.45. The summed E-state index contributed by atoms with van der Waals surface area (Å²) in [7, 11) is 3.24. The molecular formula is C26H31F3N4O3. The van der Waals surface area contributed by atoms with Crippen molar-refractivity contribution >= 4 is 22.4 Å². The number of fused-ring (bicyclic) bond motifs is 1. The highest BCUT2D eigenvalue weighted by molar-refractivity contribution is 5.92. The minimum absolute atomic E-state index is 0.0302. The van der Waals surface area contributed by atoms with Crippen LogP contribution in [-0.2, 0) is 10.9 Å². The molecule has 1 aliphatic rings. The van der Waals surface area contributed by atoms with Gasteiger partial charge in [0.25, 0.3) is 0 Å². The van der Waals surface area contributed by atoms with Crippen LogP contribution in [0.1, 0.15) is 49.7 Å². The Hall–Kier alpha value is -3.27. The number of benzene rings is 2. The fraction of sp³-hybridized carbons (Fsp3) is 0.462. The van der Waals surface area contributed by atoms with Crippen LogP contribution in [0.4, 0.5) is 24.7 Å². The van der Waals surface area contributed by atoms with Gasteiger partial charge in [0.1, 0.15) is 17.7 Å². The molecule has 2 unspecified atom stereocenters. The first-order valence-corrected chi connectivity index (χ1v) is 11.7. The van der Waals surface area contributed by atoms with Crippen molar-refractivity contribution in [2.24, 2.45) is 5.41 Å². The van der Waals surface area contributed by atoms with E-state index in [2.05, 4.69) is 15.3 Å². The summed E-state index contributed by atoms with van der Waals surface area (Å²) >= 11 is 0. The van der Waals surface area contributed by atoms with Crippen LogP contribution in [0.5, 0.6) is 11.5 Å². The minimum atomic E-state index is -4.50. The highest BCUT2D eigenvalue weighted by atomic mass is 19.4. The average molecular weight is 505 g/mol. The Bertz CT molecular complexity index is 1260. The van der Waals surface area contributed by atoms with Crippen molar-refractivity contribution in [1.29, 1.82) is 0 Å². The fourth-order valence-corrected chi connectivity index (χ4v) is 4.42. The van der Waals surface area contributed by atoms with Gasteiger partial charge in [-0.1, -0.05) is 0 Å². The van der Waals surface area contributed by atoms with Gasteiger partial charge in [0.2, 0.25) is 0 Å². The maximum atomic E-state index is 13.3. The Kier molecular flexibility index (Phi) is 6.92. The number of rotatable bonds is 9. The zero-order valence-corrected chi connectivity index (χ0v) is 21.0. The Morgan fingerprint density at radius 1 is 1.06 bits per heavy atom. The smallest absolute Gasteiger partial charge is 0.416 e. The lowest BCUT2D eigenvalue weighted by molar-refractivity contribution is -0.137. The maximum Gasteiger partial charge on any atom is 0.416 e. The Morgan fingerprint density at radius 2 is 1.78 bits per heavy atom. The van der Waals surface area contributed by atoms with Crippen LogP contribution in [0.25, 0.3) is 10.9 Å². The number of hydrogen-bond donors (Lipinski definition) is 2. The third-order valence-corrected chi connectivity index (χ3v) is 6.74. The molecule has 2 atom stereocenters.